The molecule has 0 unspecified atom stereocenters. The van der Waals surface area contributed by atoms with Gasteiger partial charge < -0.3 is 11.1 Å². The Morgan fingerprint density at radius 2 is 1.89 bits per heavy atom. The monoisotopic (exact) mass is 426 g/mol. The van der Waals surface area contributed by atoms with Crippen LogP contribution in [0.3, 0.4) is 0 Å². The molecule has 0 saturated carbocycles. The van der Waals surface area contributed by atoms with E-state index < -0.39 is 15.7 Å². The molecule has 3 aromatic rings. The fourth-order valence-electron chi connectivity index (χ4n) is 2.61. The maximum atomic E-state index is 12.0. The SMILES string of the molecule is Cc1cc(S(C)(=O)=O)cc2c(Nc3cncc(Cl)c3)c(C(N)=O)cnc12.Cl. The Morgan fingerprint density at radius 1 is 1.19 bits per heavy atom. The van der Waals surface area contributed by atoms with E-state index in [0.717, 1.165) is 6.26 Å². The van der Waals surface area contributed by atoms with Crippen LogP contribution in [0.4, 0.5) is 11.4 Å². The highest BCUT2D eigenvalue weighted by Gasteiger charge is 2.18. The number of amides is 1. The van der Waals surface area contributed by atoms with Gasteiger partial charge in [0.25, 0.3) is 5.91 Å². The van der Waals surface area contributed by atoms with Crippen molar-refractivity contribution in [3.63, 3.8) is 0 Å². The van der Waals surface area contributed by atoms with Gasteiger partial charge in [-0.15, -0.1) is 12.4 Å². The number of rotatable bonds is 4. The standard InChI is InChI=1S/C17H15ClN4O3S.ClH/c1-9-3-12(26(2,24)25)5-13-15(9)21-8-14(17(19)23)16(13)22-11-4-10(18)6-20-7-11;/h3-8H,1-2H3,(H2,19,23)(H,21,22);1H. The molecule has 3 N–H and O–H groups in total. The van der Waals surface area contributed by atoms with E-state index in [1.54, 1.807) is 19.1 Å². The van der Waals surface area contributed by atoms with Crippen molar-refractivity contribution in [2.24, 2.45) is 5.73 Å². The van der Waals surface area contributed by atoms with Crippen molar-refractivity contribution in [1.29, 1.82) is 0 Å². The molecule has 3 rings (SSSR count). The van der Waals surface area contributed by atoms with Gasteiger partial charge in [-0.1, -0.05) is 11.6 Å². The van der Waals surface area contributed by atoms with E-state index in [9.17, 15) is 13.2 Å². The van der Waals surface area contributed by atoms with Gasteiger partial charge >= 0.3 is 0 Å². The Bertz CT molecular complexity index is 1150. The third-order valence-corrected chi connectivity index (χ3v) is 5.10. The number of sulfone groups is 1. The number of carbonyl (C=O) groups is 1. The maximum absolute atomic E-state index is 12.0. The van der Waals surface area contributed by atoms with Crippen molar-refractivity contribution >= 4 is 62.0 Å². The lowest BCUT2D eigenvalue weighted by Crippen LogP contribution is -2.14. The number of primary amides is 1. The van der Waals surface area contributed by atoms with Crippen molar-refractivity contribution in [2.75, 3.05) is 11.6 Å². The first-order valence-corrected chi connectivity index (χ1v) is 9.74. The summed E-state index contributed by atoms with van der Waals surface area (Å²) in [5.74, 6) is -0.695. The van der Waals surface area contributed by atoms with Crippen LogP contribution >= 0.6 is 24.0 Å². The predicted molar refractivity (Wildman–Crippen MR) is 108 cm³/mol. The van der Waals surface area contributed by atoms with Crippen LogP contribution in [0.1, 0.15) is 15.9 Å². The van der Waals surface area contributed by atoms with Crippen molar-refractivity contribution in [3.8, 4) is 0 Å². The topological polar surface area (TPSA) is 115 Å². The molecule has 0 aliphatic carbocycles. The number of nitrogens with zero attached hydrogens (tertiary/aromatic N) is 2. The number of hydrogen-bond acceptors (Lipinski definition) is 6. The lowest BCUT2D eigenvalue weighted by atomic mass is 10.1. The van der Waals surface area contributed by atoms with Gasteiger partial charge in [0.2, 0.25) is 0 Å². The van der Waals surface area contributed by atoms with E-state index in [4.69, 9.17) is 17.3 Å². The molecule has 2 heterocycles. The number of benzene rings is 1. The van der Waals surface area contributed by atoms with Crippen LogP contribution in [0, 0.1) is 6.92 Å². The first kappa shape index (κ1) is 20.9. The minimum Gasteiger partial charge on any atom is -0.365 e. The Hall–Kier alpha value is -2.42. The molecular formula is C17H16Cl2N4O3S. The van der Waals surface area contributed by atoms with Crippen LogP contribution in [0.5, 0.6) is 0 Å². The number of anilines is 2. The smallest absolute Gasteiger partial charge is 0.252 e. The first-order chi connectivity index (χ1) is 12.2. The van der Waals surface area contributed by atoms with Gasteiger partial charge in [-0.25, -0.2) is 8.42 Å². The van der Waals surface area contributed by atoms with Crippen molar-refractivity contribution < 1.29 is 13.2 Å². The highest BCUT2D eigenvalue weighted by molar-refractivity contribution is 7.90. The highest BCUT2D eigenvalue weighted by Crippen LogP contribution is 2.32. The fraction of sp³-hybridized carbons (Fsp3) is 0.118. The van der Waals surface area contributed by atoms with Gasteiger partial charge in [0, 0.05) is 24.0 Å². The van der Waals surface area contributed by atoms with Gasteiger partial charge in [-0.05, 0) is 30.7 Å². The van der Waals surface area contributed by atoms with Crippen LogP contribution < -0.4 is 11.1 Å². The van der Waals surface area contributed by atoms with Crippen LogP contribution in [0.15, 0.2) is 41.7 Å². The Labute approximate surface area is 167 Å². The second-order valence-corrected chi connectivity index (χ2v) is 8.29. The van der Waals surface area contributed by atoms with Crippen LogP contribution in [0.2, 0.25) is 5.02 Å². The molecule has 0 atom stereocenters. The summed E-state index contributed by atoms with van der Waals surface area (Å²) >= 11 is 5.96. The van der Waals surface area contributed by atoms with Crippen LogP contribution in [-0.4, -0.2) is 30.5 Å². The summed E-state index contributed by atoms with van der Waals surface area (Å²) in [6.45, 7) is 1.75. The summed E-state index contributed by atoms with van der Waals surface area (Å²) < 4.78 is 24.0. The number of aromatic nitrogens is 2. The molecule has 10 heteroatoms. The molecule has 0 radical (unpaired) electrons. The second-order valence-electron chi connectivity index (χ2n) is 5.84. The van der Waals surface area contributed by atoms with Gasteiger partial charge in [0.15, 0.2) is 9.84 Å². The van der Waals surface area contributed by atoms with E-state index in [1.807, 2.05) is 0 Å². The van der Waals surface area contributed by atoms with Crippen molar-refractivity contribution in [1.82, 2.24) is 9.97 Å². The predicted octanol–water partition coefficient (Wildman–Crippen LogP) is 3.26. The second kappa shape index (κ2) is 7.67. The zero-order valence-electron chi connectivity index (χ0n) is 14.4. The van der Waals surface area contributed by atoms with E-state index in [1.165, 1.54) is 24.7 Å². The average Bonchev–Trinajstić information content (AvgIpc) is 2.54. The van der Waals surface area contributed by atoms with E-state index >= 15 is 0 Å². The van der Waals surface area contributed by atoms with E-state index in [2.05, 4.69) is 15.3 Å². The van der Waals surface area contributed by atoms with Gasteiger partial charge in [-0.2, -0.15) is 0 Å². The maximum Gasteiger partial charge on any atom is 0.252 e. The van der Waals surface area contributed by atoms with Gasteiger partial charge in [-0.3, -0.25) is 14.8 Å². The summed E-state index contributed by atoms with van der Waals surface area (Å²) in [7, 11) is -3.45. The molecule has 0 saturated heterocycles. The molecule has 1 aromatic carbocycles. The summed E-state index contributed by atoms with van der Waals surface area (Å²) in [6.07, 6.45) is 5.47. The number of nitrogens with two attached hydrogens (primary N) is 1. The molecule has 0 fully saturated rings. The minimum atomic E-state index is -3.45. The third-order valence-electron chi connectivity index (χ3n) is 3.80. The normalized spacial score (nSPS) is 11.1. The summed E-state index contributed by atoms with van der Waals surface area (Å²) in [5.41, 5.74) is 7.68. The van der Waals surface area contributed by atoms with Gasteiger partial charge in [0.1, 0.15) is 0 Å². The molecule has 7 nitrogen and oxygen atoms in total. The fourth-order valence-corrected chi connectivity index (χ4v) is 3.50. The number of pyridine rings is 2. The summed E-state index contributed by atoms with van der Waals surface area (Å²) in [6, 6.07) is 4.63. The minimum absolute atomic E-state index is 0. The summed E-state index contributed by atoms with van der Waals surface area (Å²) in [5, 5.41) is 3.93. The van der Waals surface area contributed by atoms with E-state index in [-0.39, 0.29) is 22.9 Å². The number of carbonyl (C=O) groups excluding carboxylic acids is 1. The van der Waals surface area contributed by atoms with Crippen LogP contribution in [0.25, 0.3) is 10.9 Å². The number of aryl methyl sites for hydroxylation is 1. The molecule has 0 bridgehead atoms. The Kier molecular flexibility index (Phi) is 5.94. The molecular weight excluding hydrogens is 411 g/mol. The molecule has 142 valence electrons. The lowest BCUT2D eigenvalue weighted by molar-refractivity contribution is 0.100. The molecule has 1 amide bonds. The number of nitrogens with one attached hydrogen (secondary N) is 1. The highest BCUT2D eigenvalue weighted by atomic mass is 35.5. The third kappa shape index (κ3) is 4.29. The number of hydrogen-bond donors (Lipinski definition) is 2. The molecule has 0 aliphatic rings. The molecule has 0 aliphatic heterocycles. The van der Waals surface area contributed by atoms with Gasteiger partial charge in [0.05, 0.1) is 38.6 Å². The van der Waals surface area contributed by atoms with Crippen molar-refractivity contribution in [2.45, 2.75) is 11.8 Å². The Balaban J connectivity index is 0.00000261. The number of halogens is 2. The molecule has 2 aromatic heterocycles. The largest absolute Gasteiger partial charge is 0.365 e. The lowest BCUT2D eigenvalue weighted by Gasteiger charge is -2.15. The van der Waals surface area contributed by atoms with Crippen LogP contribution in [-0.2, 0) is 9.84 Å². The van der Waals surface area contributed by atoms with Crippen molar-refractivity contribution in [3.05, 3.63) is 52.9 Å². The quantitative estimate of drug-likeness (QED) is 0.661. The first-order valence-electron chi connectivity index (χ1n) is 7.47. The average molecular weight is 427 g/mol. The summed E-state index contributed by atoms with van der Waals surface area (Å²) in [4.78, 5) is 20.2. The molecule has 0 spiro atoms. The molecule has 27 heavy (non-hydrogen) atoms. The zero-order valence-corrected chi connectivity index (χ0v) is 16.7. The number of fused-ring (bicyclic) bond motifs is 1. The zero-order chi connectivity index (χ0) is 19.1. The van der Waals surface area contributed by atoms with E-state index in [0.29, 0.717) is 32.9 Å². The Morgan fingerprint density at radius 3 is 2.48 bits per heavy atom.